The summed E-state index contributed by atoms with van der Waals surface area (Å²) in [7, 11) is 0. The zero-order valence-electron chi connectivity index (χ0n) is 20.2. The number of rotatable bonds is 8. The second-order valence-electron chi connectivity index (χ2n) is 9.26. The van der Waals surface area contributed by atoms with Crippen molar-refractivity contribution < 1.29 is 14.3 Å². The van der Waals surface area contributed by atoms with Crippen molar-refractivity contribution in [1.82, 2.24) is 30.2 Å². The highest BCUT2D eigenvalue weighted by molar-refractivity contribution is 5.98. The number of aryl methyl sites for hydroxylation is 1. The van der Waals surface area contributed by atoms with Crippen molar-refractivity contribution >= 4 is 34.5 Å². The molecule has 0 saturated heterocycles. The average Bonchev–Trinajstić information content (AvgIpc) is 3.10. The lowest BCUT2D eigenvalue weighted by atomic mass is 10.1. The predicted octanol–water partition coefficient (Wildman–Crippen LogP) is 3.44. The van der Waals surface area contributed by atoms with E-state index < -0.39 is 11.7 Å². The number of ether oxygens (including phenoxy) is 1. The summed E-state index contributed by atoms with van der Waals surface area (Å²) in [5, 5.41) is 17.5. The fraction of sp³-hybridized carbons (Fsp3) is 0.522. The number of hydrogen-bond acceptors (Lipinski definition) is 7. The second-order valence-corrected chi connectivity index (χ2v) is 9.26. The van der Waals surface area contributed by atoms with Gasteiger partial charge in [0.2, 0.25) is 5.65 Å². The third-order valence-electron chi connectivity index (χ3n) is 4.73. The van der Waals surface area contributed by atoms with Crippen LogP contribution in [0.25, 0.3) is 16.7 Å². The van der Waals surface area contributed by atoms with Crippen molar-refractivity contribution in [2.75, 3.05) is 18.4 Å². The molecule has 178 valence electrons. The number of hydrogen-bond donors (Lipinski definition) is 3. The third-order valence-corrected chi connectivity index (χ3v) is 4.73. The Labute approximate surface area is 193 Å². The number of fused-ring (bicyclic) bond motifs is 3. The van der Waals surface area contributed by atoms with E-state index in [0.29, 0.717) is 35.9 Å². The van der Waals surface area contributed by atoms with E-state index in [0.717, 1.165) is 23.9 Å². The fourth-order valence-corrected chi connectivity index (χ4v) is 3.34. The lowest BCUT2D eigenvalue weighted by Crippen LogP contribution is -2.33. The molecule has 33 heavy (non-hydrogen) atoms. The molecule has 0 radical (unpaired) electrons. The topological polar surface area (TPSA) is 123 Å². The zero-order valence-corrected chi connectivity index (χ0v) is 20.2. The van der Waals surface area contributed by atoms with Gasteiger partial charge in [-0.3, -0.25) is 9.20 Å². The highest BCUT2D eigenvalue weighted by Crippen LogP contribution is 2.23. The van der Waals surface area contributed by atoms with Crippen LogP contribution >= 0.6 is 0 Å². The minimum absolute atomic E-state index is 0.0499. The molecule has 3 N–H and O–H groups in total. The van der Waals surface area contributed by atoms with Crippen molar-refractivity contribution in [3.63, 3.8) is 0 Å². The maximum Gasteiger partial charge on any atom is 0.407 e. The van der Waals surface area contributed by atoms with Gasteiger partial charge in [-0.25, -0.2) is 9.78 Å². The van der Waals surface area contributed by atoms with Crippen LogP contribution in [-0.2, 0) is 4.74 Å². The van der Waals surface area contributed by atoms with Gasteiger partial charge >= 0.3 is 6.09 Å². The van der Waals surface area contributed by atoms with Crippen LogP contribution in [0, 0.1) is 6.92 Å². The van der Waals surface area contributed by atoms with E-state index in [1.54, 1.807) is 6.07 Å². The Morgan fingerprint density at radius 1 is 1.12 bits per heavy atom. The second kappa shape index (κ2) is 10.0. The fourth-order valence-electron chi connectivity index (χ4n) is 3.34. The average molecular weight is 456 g/mol. The molecule has 0 aliphatic carbocycles. The number of alkyl carbamates (subject to hydrolysis) is 1. The Morgan fingerprint density at radius 2 is 1.85 bits per heavy atom. The molecule has 3 rings (SSSR count). The lowest BCUT2D eigenvalue weighted by Gasteiger charge is -2.19. The van der Waals surface area contributed by atoms with Gasteiger partial charge in [-0.15, -0.1) is 10.2 Å². The van der Waals surface area contributed by atoms with Gasteiger partial charge in [0, 0.05) is 24.7 Å². The molecule has 2 amide bonds. The normalized spacial score (nSPS) is 11.7. The number of anilines is 1. The number of amides is 2. The van der Waals surface area contributed by atoms with Gasteiger partial charge in [0.25, 0.3) is 5.91 Å². The molecule has 3 aromatic rings. The molecular weight excluding hydrogens is 422 g/mol. The number of carbonyl (C=O) groups is 2. The van der Waals surface area contributed by atoms with Crippen LogP contribution in [0.1, 0.15) is 63.6 Å². The molecule has 10 heteroatoms. The number of unbranched alkanes of at least 4 members (excludes halogenated alkanes) is 1. The molecule has 0 fully saturated rings. The molecular formula is C23H33N7O3. The Bertz CT molecular complexity index is 1150. The number of nitrogens with zero attached hydrogens (tertiary/aromatic N) is 4. The standard InChI is InChI=1S/C23H33N7O3/c1-14(2)26-21(31)16-9-10-17-18(13-16)30-15(3)28-29-20(30)19(27-17)24-11-7-8-12-25-22(32)33-23(4,5)6/h9-10,13-14H,7-8,11-12H2,1-6H3,(H,24,27)(H,25,32)(H,26,31). The van der Waals surface area contributed by atoms with E-state index in [2.05, 4.69) is 26.1 Å². The SMILES string of the molecule is Cc1nnc2c(NCCCCNC(=O)OC(C)(C)C)nc3ccc(C(=O)NC(C)C)cc3n12. The molecule has 0 unspecified atom stereocenters. The molecule has 2 aromatic heterocycles. The summed E-state index contributed by atoms with van der Waals surface area (Å²) in [4.78, 5) is 28.9. The van der Waals surface area contributed by atoms with Crippen LogP contribution in [0.15, 0.2) is 18.2 Å². The first-order valence-electron chi connectivity index (χ1n) is 11.2. The summed E-state index contributed by atoms with van der Waals surface area (Å²) in [6.07, 6.45) is 1.20. The summed E-state index contributed by atoms with van der Waals surface area (Å²) >= 11 is 0. The predicted molar refractivity (Wildman–Crippen MR) is 128 cm³/mol. The van der Waals surface area contributed by atoms with E-state index >= 15 is 0 Å². The van der Waals surface area contributed by atoms with Gasteiger partial charge in [-0.1, -0.05) is 0 Å². The van der Waals surface area contributed by atoms with Crippen LogP contribution in [0.5, 0.6) is 0 Å². The van der Waals surface area contributed by atoms with E-state index in [1.165, 1.54) is 0 Å². The first kappa shape index (κ1) is 24.2. The Kier molecular flexibility index (Phi) is 7.35. The van der Waals surface area contributed by atoms with Gasteiger partial charge in [-0.05, 0) is 72.6 Å². The van der Waals surface area contributed by atoms with Gasteiger partial charge in [-0.2, -0.15) is 0 Å². The third kappa shape index (κ3) is 6.30. The van der Waals surface area contributed by atoms with E-state index in [-0.39, 0.29) is 11.9 Å². The zero-order chi connectivity index (χ0) is 24.2. The Morgan fingerprint density at radius 3 is 2.55 bits per heavy atom. The van der Waals surface area contributed by atoms with Crippen molar-refractivity contribution in [3.8, 4) is 0 Å². The van der Waals surface area contributed by atoms with Gasteiger partial charge in [0.05, 0.1) is 11.0 Å². The first-order valence-corrected chi connectivity index (χ1v) is 11.2. The van der Waals surface area contributed by atoms with Crippen molar-refractivity contribution in [1.29, 1.82) is 0 Å². The van der Waals surface area contributed by atoms with Crippen LogP contribution < -0.4 is 16.0 Å². The molecule has 10 nitrogen and oxygen atoms in total. The lowest BCUT2D eigenvalue weighted by molar-refractivity contribution is 0.0527. The monoisotopic (exact) mass is 455 g/mol. The van der Waals surface area contributed by atoms with Crippen LogP contribution in [0.2, 0.25) is 0 Å². The molecule has 0 aliphatic heterocycles. The van der Waals surface area contributed by atoms with E-state index in [1.807, 2.05) is 58.1 Å². The minimum Gasteiger partial charge on any atom is -0.444 e. The van der Waals surface area contributed by atoms with Gasteiger partial charge in [0.15, 0.2) is 5.82 Å². The molecule has 0 bridgehead atoms. The number of aromatic nitrogens is 4. The number of benzene rings is 1. The van der Waals surface area contributed by atoms with Crippen LogP contribution in [0.4, 0.5) is 10.6 Å². The minimum atomic E-state index is -0.506. The molecule has 2 heterocycles. The van der Waals surface area contributed by atoms with E-state index in [4.69, 9.17) is 9.72 Å². The smallest absolute Gasteiger partial charge is 0.407 e. The van der Waals surface area contributed by atoms with Crippen molar-refractivity contribution in [2.24, 2.45) is 0 Å². The summed E-state index contributed by atoms with van der Waals surface area (Å²) in [5.74, 6) is 1.21. The van der Waals surface area contributed by atoms with Crippen LogP contribution in [0.3, 0.4) is 0 Å². The molecule has 0 saturated carbocycles. The van der Waals surface area contributed by atoms with E-state index in [9.17, 15) is 9.59 Å². The number of carbonyl (C=O) groups excluding carboxylic acids is 2. The molecule has 1 aromatic carbocycles. The van der Waals surface area contributed by atoms with Gasteiger partial charge < -0.3 is 20.7 Å². The highest BCUT2D eigenvalue weighted by Gasteiger charge is 2.16. The molecule has 0 aliphatic rings. The highest BCUT2D eigenvalue weighted by atomic mass is 16.6. The number of nitrogens with one attached hydrogen (secondary N) is 3. The Hall–Kier alpha value is -3.43. The first-order chi connectivity index (χ1) is 15.5. The maximum atomic E-state index is 12.4. The quantitative estimate of drug-likeness (QED) is 0.445. The van der Waals surface area contributed by atoms with Crippen LogP contribution in [-0.4, -0.2) is 56.3 Å². The van der Waals surface area contributed by atoms with Crippen molar-refractivity contribution in [3.05, 3.63) is 29.6 Å². The van der Waals surface area contributed by atoms with Gasteiger partial charge in [0.1, 0.15) is 11.4 Å². The molecule has 0 atom stereocenters. The van der Waals surface area contributed by atoms with Crippen molar-refractivity contribution in [2.45, 2.75) is 66.0 Å². The maximum absolute atomic E-state index is 12.4. The summed E-state index contributed by atoms with van der Waals surface area (Å²) < 4.78 is 7.13. The Balaban J connectivity index is 1.67. The molecule has 0 spiro atoms. The summed E-state index contributed by atoms with van der Waals surface area (Å²) in [6, 6.07) is 5.47. The summed E-state index contributed by atoms with van der Waals surface area (Å²) in [6.45, 7) is 12.4. The summed E-state index contributed by atoms with van der Waals surface area (Å²) in [5.41, 5.74) is 2.17. The largest absolute Gasteiger partial charge is 0.444 e.